The summed E-state index contributed by atoms with van der Waals surface area (Å²) in [5.74, 6) is 0.487. The van der Waals surface area contributed by atoms with Crippen LogP contribution >= 0.6 is 0 Å². The first-order chi connectivity index (χ1) is 17.3. The molecule has 0 unspecified atom stereocenters. The van der Waals surface area contributed by atoms with E-state index in [9.17, 15) is 28.2 Å². The zero-order chi connectivity index (χ0) is 25.7. The van der Waals surface area contributed by atoms with E-state index in [0.29, 0.717) is 28.0 Å². The average Bonchev–Trinajstić information content (AvgIpc) is 2.87. The quantitative estimate of drug-likeness (QED) is 0.275. The molecule has 0 spiro atoms. The van der Waals surface area contributed by atoms with Crippen LogP contribution in [-0.4, -0.2) is 29.3 Å². The maximum absolute atomic E-state index is 12.9. The number of aliphatic hydroxyl groups is 1. The zero-order valence-electron chi connectivity index (χ0n) is 19.1. The van der Waals surface area contributed by atoms with E-state index in [1.807, 2.05) is 0 Å². The number of halogens is 3. The van der Waals surface area contributed by atoms with Crippen molar-refractivity contribution in [1.29, 1.82) is 0 Å². The zero-order valence-corrected chi connectivity index (χ0v) is 19.1. The minimum Gasteiger partial charge on any atom is -0.508 e. The fourth-order valence-electron chi connectivity index (χ4n) is 3.96. The highest BCUT2D eigenvalue weighted by Crippen LogP contribution is 2.39. The lowest BCUT2D eigenvalue weighted by molar-refractivity contribution is -0.137. The third kappa shape index (κ3) is 5.87. The molecule has 0 aliphatic carbocycles. The highest BCUT2D eigenvalue weighted by atomic mass is 19.4. The van der Waals surface area contributed by atoms with Gasteiger partial charge in [-0.3, -0.25) is 10.1 Å². The van der Waals surface area contributed by atoms with E-state index in [1.165, 1.54) is 24.5 Å². The van der Waals surface area contributed by atoms with E-state index in [-0.39, 0.29) is 31.9 Å². The topological polar surface area (TPSA) is 88.0 Å². The third-order valence-corrected chi connectivity index (χ3v) is 5.75. The molecular weight excluding hydrogens is 475 g/mol. The van der Waals surface area contributed by atoms with Crippen LogP contribution in [0.3, 0.4) is 0 Å². The number of rotatable bonds is 9. The van der Waals surface area contributed by atoms with Crippen LogP contribution in [0.2, 0.25) is 0 Å². The molecule has 0 aromatic heterocycles. The molecule has 36 heavy (non-hydrogen) atoms. The maximum Gasteiger partial charge on any atom is 0.416 e. The van der Waals surface area contributed by atoms with Gasteiger partial charge in [0, 0.05) is 29.7 Å². The Labute approximate surface area is 205 Å². The lowest BCUT2D eigenvalue weighted by Crippen LogP contribution is -2.30. The van der Waals surface area contributed by atoms with Crippen LogP contribution in [0, 0.1) is 0 Å². The summed E-state index contributed by atoms with van der Waals surface area (Å²) >= 11 is 0. The average molecular weight is 499 g/mol. The van der Waals surface area contributed by atoms with Crippen molar-refractivity contribution in [3.8, 4) is 22.6 Å². The van der Waals surface area contributed by atoms with E-state index >= 15 is 0 Å². The summed E-state index contributed by atoms with van der Waals surface area (Å²) in [5, 5.41) is 22.7. The molecule has 3 aromatic rings. The summed E-state index contributed by atoms with van der Waals surface area (Å²) < 4.78 is 50.0. The van der Waals surface area contributed by atoms with Crippen LogP contribution in [0.25, 0.3) is 17.2 Å². The molecule has 3 aromatic carbocycles. The number of carbonyl (C=O) groups is 1. The SMILES string of the molecule is O=Cc1c2c(cc(OCC[C@@H](O)NCc3cccc(C(F)(F)F)c3)c1-c1ccc(O)cc1)COC=C2. The van der Waals surface area contributed by atoms with Gasteiger partial charge < -0.3 is 19.7 Å². The highest BCUT2D eigenvalue weighted by molar-refractivity contribution is 5.96. The number of benzene rings is 3. The first kappa shape index (κ1) is 25.3. The molecule has 1 heterocycles. The fraction of sp³-hybridized carbons (Fsp3) is 0.222. The Morgan fingerprint density at radius 1 is 1.14 bits per heavy atom. The molecule has 0 radical (unpaired) electrons. The van der Waals surface area contributed by atoms with Crippen LogP contribution in [-0.2, 0) is 24.1 Å². The van der Waals surface area contributed by atoms with Gasteiger partial charge in [-0.05, 0) is 47.0 Å². The normalized spacial score (nSPS) is 13.6. The summed E-state index contributed by atoms with van der Waals surface area (Å²) in [6.07, 6.45) is -1.37. The Morgan fingerprint density at radius 2 is 1.92 bits per heavy atom. The summed E-state index contributed by atoms with van der Waals surface area (Å²) in [4.78, 5) is 12.1. The predicted molar refractivity (Wildman–Crippen MR) is 127 cm³/mol. The molecule has 0 fully saturated rings. The monoisotopic (exact) mass is 499 g/mol. The van der Waals surface area contributed by atoms with Gasteiger partial charge >= 0.3 is 6.18 Å². The molecule has 0 bridgehead atoms. The number of carbonyl (C=O) groups excluding carboxylic acids is 1. The smallest absolute Gasteiger partial charge is 0.416 e. The molecule has 9 heteroatoms. The third-order valence-electron chi connectivity index (χ3n) is 5.75. The molecule has 1 aliphatic rings. The van der Waals surface area contributed by atoms with Crippen LogP contribution in [0.4, 0.5) is 13.2 Å². The second-order valence-electron chi connectivity index (χ2n) is 8.25. The summed E-state index contributed by atoms with van der Waals surface area (Å²) in [5.41, 5.74) is 2.74. The van der Waals surface area contributed by atoms with Crippen LogP contribution in [0.5, 0.6) is 11.5 Å². The second kappa shape index (κ2) is 10.8. The molecule has 1 atom stereocenters. The number of phenolic OH excluding ortho intramolecular Hbond substituents is 1. The number of aldehydes is 1. The van der Waals surface area contributed by atoms with E-state index in [4.69, 9.17) is 9.47 Å². The van der Waals surface area contributed by atoms with Crippen molar-refractivity contribution in [1.82, 2.24) is 5.32 Å². The number of fused-ring (bicyclic) bond motifs is 1. The van der Waals surface area contributed by atoms with Gasteiger partial charge in [-0.15, -0.1) is 0 Å². The van der Waals surface area contributed by atoms with Crippen molar-refractivity contribution in [2.24, 2.45) is 0 Å². The van der Waals surface area contributed by atoms with Crippen LogP contribution in [0.15, 0.2) is 60.9 Å². The number of alkyl halides is 3. The van der Waals surface area contributed by atoms with Crippen molar-refractivity contribution in [3.05, 3.63) is 88.7 Å². The van der Waals surface area contributed by atoms with Crippen molar-refractivity contribution >= 4 is 12.4 Å². The van der Waals surface area contributed by atoms with Gasteiger partial charge in [0.05, 0.1) is 18.4 Å². The standard InChI is InChI=1S/C27H24F3NO5/c28-27(29,30)20-3-1-2-17(12-20)14-31-25(34)9-11-36-24-13-19-16-35-10-8-22(19)23(15-32)26(24)18-4-6-21(33)7-5-18/h1-8,10,12-13,15,25,31,33-34H,9,11,14,16H2/t25-/m1/s1. The maximum atomic E-state index is 12.9. The summed E-state index contributed by atoms with van der Waals surface area (Å²) in [7, 11) is 0. The summed E-state index contributed by atoms with van der Waals surface area (Å²) in [6.45, 7) is 0.372. The van der Waals surface area contributed by atoms with E-state index < -0.39 is 18.0 Å². The molecule has 4 rings (SSSR count). The molecule has 0 saturated heterocycles. The second-order valence-corrected chi connectivity index (χ2v) is 8.25. The van der Waals surface area contributed by atoms with Gasteiger partial charge in [-0.25, -0.2) is 0 Å². The molecule has 0 saturated carbocycles. The first-order valence-corrected chi connectivity index (χ1v) is 11.2. The van der Waals surface area contributed by atoms with Gasteiger partial charge in [0.15, 0.2) is 6.29 Å². The Kier molecular flexibility index (Phi) is 7.61. The van der Waals surface area contributed by atoms with Crippen LogP contribution in [0.1, 0.15) is 39.0 Å². The minimum absolute atomic E-state index is 0.0433. The van der Waals surface area contributed by atoms with Gasteiger partial charge in [-0.1, -0.05) is 30.3 Å². The Morgan fingerprint density at radius 3 is 2.64 bits per heavy atom. The number of ether oxygens (including phenoxy) is 2. The predicted octanol–water partition coefficient (Wildman–Crippen LogP) is 5.27. The molecule has 0 amide bonds. The van der Waals surface area contributed by atoms with Crippen molar-refractivity contribution < 1.29 is 37.7 Å². The fourth-order valence-corrected chi connectivity index (χ4v) is 3.96. The van der Waals surface area contributed by atoms with Crippen LogP contribution < -0.4 is 10.1 Å². The Balaban J connectivity index is 1.47. The first-order valence-electron chi connectivity index (χ1n) is 11.2. The van der Waals surface area contributed by atoms with Crippen molar-refractivity contribution in [3.63, 3.8) is 0 Å². The van der Waals surface area contributed by atoms with Gasteiger partial charge in [0.1, 0.15) is 24.3 Å². The number of hydrogen-bond acceptors (Lipinski definition) is 6. The van der Waals surface area contributed by atoms with Crippen molar-refractivity contribution in [2.45, 2.75) is 32.0 Å². The molecule has 1 aliphatic heterocycles. The van der Waals surface area contributed by atoms with E-state index in [1.54, 1.807) is 30.3 Å². The highest BCUT2D eigenvalue weighted by Gasteiger charge is 2.30. The van der Waals surface area contributed by atoms with E-state index in [0.717, 1.165) is 29.5 Å². The number of aliphatic hydroxyl groups excluding tert-OH is 1. The molecule has 6 nitrogen and oxygen atoms in total. The number of aromatic hydroxyl groups is 1. The minimum atomic E-state index is -4.44. The van der Waals surface area contributed by atoms with E-state index in [2.05, 4.69) is 5.32 Å². The van der Waals surface area contributed by atoms with Gasteiger partial charge in [0.2, 0.25) is 0 Å². The molecule has 3 N–H and O–H groups in total. The largest absolute Gasteiger partial charge is 0.508 e. The van der Waals surface area contributed by atoms with Gasteiger partial charge in [0.25, 0.3) is 0 Å². The number of phenols is 1. The molecular formula is C27H24F3NO5. The lowest BCUT2D eigenvalue weighted by Gasteiger charge is -2.21. The summed E-state index contributed by atoms with van der Waals surface area (Å²) in [6, 6.07) is 13.0. The van der Waals surface area contributed by atoms with Crippen molar-refractivity contribution in [2.75, 3.05) is 6.61 Å². The lowest BCUT2D eigenvalue weighted by atomic mass is 9.91. The number of hydrogen-bond donors (Lipinski definition) is 3. The molecule has 188 valence electrons. The Hall–Kier alpha value is -3.82. The Bertz CT molecular complexity index is 1260. The number of nitrogens with one attached hydrogen (secondary N) is 1. The van der Waals surface area contributed by atoms with Gasteiger partial charge in [-0.2, -0.15) is 13.2 Å².